The number of rotatable bonds is 8. The van der Waals surface area contributed by atoms with Gasteiger partial charge in [-0.25, -0.2) is 0 Å². The van der Waals surface area contributed by atoms with E-state index in [0.717, 1.165) is 49.1 Å². The molecule has 1 heterocycles. The molecule has 2 aromatic carbocycles. The van der Waals surface area contributed by atoms with E-state index in [1.807, 2.05) is 36.4 Å². The molecule has 1 atom stereocenters. The maximum atomic E-state index is 5.76. The molecule has 0 fully saturated rings. The van der Waals surface area contributed by atoms with E-state index >= 15 is 0 Å². The summed E-state index contributed by atoms with van der Waals surface area (Å²) in [5.74, 6) is 2.95. The van der Waals surface area contributed by atoms with Gasteiger partial charge in [-0.2, -0.15) is 0 Å². The first-order valence-corrected chi connectivity index (χ1v) is 9.71. The summed E-state index contributed by atoms with van der Waals surface area (Å²) in [6.07, 6.45) is 1.86. The Kier molecular flexibility index (Phi) is 10.1. The Morgan fingerprint density at radius 1 is 1.17 bits per heavy atom. The van der Waals surface area contributed by atoms with Gasteiger partial charge in [0.05, 0.1) is 13.2 Å². The van der Waals surface area contributed by atoms with Crippen LogP contribution in [0.4, 0.5) is 5.69 Å². The number of hydrogen-bond donors (Lipinski definition) is 2. The molecule has 7 heteroatoms. The van der Waals surface area contributed by atoms with Gasteiger partial charge in [0, 0.05) is 51.4 Å². The summed E-state index contributed by atoms with van der Waals surface area (Å²) in [6, 6.07) is 16.1. The van der Waals surface area contributed by atoms with Crippen LogP contribution in [0.2, 0.25) is 0 Å². The number of benzene rings is 2. The topological polar surface area (TPSA) is 64.1 Å². The molecule has 0 radical (unpaired) electrons. The van der Waals surface area contributed by atoms with Gasteiger partial charge in [0.2, 0.25) is 0 Å². The minimum Gasteiger partial charge on any atom is -0.493 e. The van der Waals surface area contributed by atoms with Crippen molar-refractivity contribution in [2.75, 3.05) is 45.8 Å². The normalized spacial score (nSPS) is 15.5. The van der Waals surface area contributed by atoms with Gasteiger partial charge in [-0.05, 0) is 30.2 Å². The molecule has 29 heavy (non-hydrogen) atoms. The highest BCUT2D eigenvalue weighted by Gasteiger charge is 2.21. The van der Waals surface area contributed by atoms with E-state index in [4.69, 9.17) is 14.2 Å². The lowest BCUT2D eigenvalue weighted by molar-refractivity contribution is 0.172. The molecule has 158 valence electrons. The van der Waals surface area contributed by atoms with Gasteiger partial charge in [0.15, 0.2) is 5.96 Å². The van der Waals surface area contributed by atoms with Crippen LogP contribution in [0.15, 0.2) is 53.5 Å². The summed E-state index contributed by atoms with van der Waals surface area (Å²) in [7, 11) is 3.47. The number of nitrogens with one attached hydrogen (secondary N) is 2. The molecule has 1 aliphatic rings. The van der Waals surface area contributed by atoms with E-state index in [2.05, 4.69) is 27.8 Å². The molecule has 0 aliphatic carbocycles. The molecule has 0 aromatic heterocycles. The molecule has 0 amide bonds. The van der Waals surface area contributed by atoms with Crippen LogP contribution in [0.25, 0.3) is 0 Å². The van der Waals surface area contributed by atoms with Gasteiger partial charge in [-0.1, -0.05) is 24.3 Å². The van der Waals surface area contributed by atoms with E-state index in [9.17, 15) is 0 Å². The van der Waals surface area contributed by atoms with E-state index in [0.29, 0.717) is 19.1 Å². The van der Waals surface area contributed by atoms with Gasteiger partial charge in [-0.15, -0.1) is 24.0 Å². The maximum absolute atomic E-state index is 5.76. The van der Waals surface area contributed by atoms with Crippen molar-refractivity contribution in [2.45, 2.75) is 18.8 Å². The summed E-state index contributed by atoms with van der Waals surface area (Å²) in [5, 5.41) is 6.77. The SMILES string of the molecule is CN=C(NCC1CCOc2ccccc21)Nc1cccc(OCCCOC)c1.I. The van der Waals surface area contributed by atoms with Crippen LogP contribution in [0.1, 0.15) is 24.3 Å². The lowest BCUT2D eigenvalue weighted by Crippen LogP contribution is -2.35. The standard InChI is InChI=1S/C22H29N3O3.HI/c1-23-22(24-16-17-11-14-28-21-10-4-3-9-20(17)21)25-18-7-5-8-19(15-18)27-13-6-12-26-2;/h3-5,7-10,15,17H,6,11-14,16H2,1-2H3,(H2,23,24,25);1H. The maximum Gasteiger partial charge on any atom is 0.195 e. The van der Waals surface area contributed by atoms with Gasteiger partial charge in [0.1, 0.15) is 11.5 Å². The average molecular weight is 511 g/mol. The molecule has 0 bridgehead atoms. The van der Waals surface area contributed by atoms with Crippen molar-refractivity contribution >= 4 is 35.6 Å². The van der Waals surface area contributed by atoms with Gasteiger partial charge in [-0.3, -0.25) is 4.99 Å². The summed E-state index contributed by atoms with van der Waals surface area (Å²) >= 11 is 0. The first-order chi connectivity index (χ1) is 13.8. The molecule has 6 nitrogen and oxygen atoms in total. The summed E-state index contributed by atoms with van der Waals surface area (Å²) in [5.41, 5.74) is 2.19. The van der Waals surface area contributed by atoms with Crippen molar-refractivity contribution < 1.29 is 14.2 Å². The van der Waals surface area contributed by atoms with Gasteiger partial charge >= 0.3 is 0 Å². The number of para-hydroxylation sites is 1. The number of aliphatic imine (C=N–C) groups is 1. The molecule has 1 unspecified atom stereocenters. The third kappa shape index (κ3) is 7.08. The summed E-state index contributed by atoms with van der Waals surface area (Å²) < 4.78 is 16.6. The van der Waals surface area contributed by atoms with E-state index in [1.165, 1.54) is 5.56 Å². The van der Waals surface area contributed by atoms with Crippen molar-refractivity contribution in [3.8, 4) is 11.5 Å². The van der Waals surface area contributed by atoms with Crippen LogP contribution in [-0.4, -0.2) is 46.5 Å². The largest absolute Gasteiger partial charge is 0.493 e. The Morgan fingerprint density at radius 2 is 2.03 bits per heavy atom. The predicted molar refractivity (Wildman–Crippen MR) is 128 cm³/mol. The number of hydrogen-bond acceptors (Lipinski definition) is 4. The zero-order valence-electron chi connectivity index (χ0n) is 17.0. The Hall–Kier alpha value is -2.00. The number of guanidine groups is 1. The highest BCUT2D eigenvalue weighted by atomic mass is 127. The number of fused-ring (bicyclic) bond motifs is 1. The van der Waals surface area contributed by atoms with E-state index in [-0.39, 0.29) is 24.0 Å². The Labute approximate surface area is 190 Å². The molecule has 2 aromatic rings. The smallest absolute Gasteiger partial charge is 0.195 e. The van der Waals surface area contributed by atoms with Gasteiger partial charge in [0.25, 0.3) is 0 Å². The van der Waals surface area contributed by atoms with Crippen LogP contribution in [-0.2, 0) is 4.74 Å². The van der Waals surface area contributed by atoms with Crippen LogP contribution < -0.4 is 20.1 Å². The first kappa shape index (κ1) is 23.3. The molecule has 2 N–H and O–H groups in total. The molecular weight excluding hydrogens is 481 g/mol. The van der Waals surface area contributed by atoms with Crippen LogP contribution >= 0.6 is 24.0 Å². The number of methoxy groups -OCH3 is 1. The summed E-state index contributed by atoms with van der Waals surface area (Å²) in [6.45, 7) is 2.88. The van der Waals surface area contributed by atoms with Crippen molar-refractivity contribution in [3.05, 3.63) is 54.1 Å². The van der Waals surface area contributed by atoms with Crippen molar-refractivity contribution in [1.29, 1.82) is 0 Å². The minimum atomic E-state index is 0. The van der Waals surface area contributed by atoms with Gasteiger partial charge < -0.3 is 24.8 Å². The second kappa shape index (κ2) is 12.5. The second-order valence-corrected chi connectivity index (χ2v) is 6.67. The zero-order chi connectivity index (χ0) is 19.6. The van der Waals surface area contributed by atoms with Crippen LogP contribution in [0.3, 0.4) is 0 Å². The lowest BCUT2D eigenvalue weighted by Gasteiger charge is -2.26. The van der Waals surface area contributed by atoms with Crippen molar-refractivity contribution in [3.63, 3.8) is 0 Å². The Balaban J connectivity index is 0.00000300. The monoisotopic (exact) mass is 511 g/mol. The average Bonchev–Trinajstić information content (AvgIpc) is 2.74. The fourth-order valence-corrected chi connectivity index (χ4v) is 3.22. The molecular formula is C22H30IN3O3. The van der Waals surface area contributed by atoms with E-state index in [1.54, 1.807) is 14.2 Å². The Morgan fingerprint density at radius 3 is 2.86 bits per heavy atom. The number of ether oxygens (including phenoxy) is 3. The number of halogens is 1. The molecule has 3 rings (SSSR count). The fourth-order valence-electron chi connectivity index (χ4n) is 3.22. The highest BCUT2D eigenvalue weighted by Crippen LogP contribution is 2.32. The second-order valence-electron chi connectivity index (χ2n) is 6.67. The molecule has 0 saturated heterocycles. The predicted octanol–water partition coefficient (Wildman–Crippen LogP) is 4.27. The Bertz CT molecular complexity index is 785. The minimum absolute atomic E-state index is 0. The highest BCUT2D eigenvalue weighted by molar-refractivity contribution is 14.0. The van der Waals surface area contributed by atoms with Crippen LogP contribution in [0.5, 0.6) is 11.5 Å². The first-order valence-electron chi connectivity index (χ1n) is 9.71. The number of nitrogens with zero attached hydrogens (tertiary/aromatic N) is 1. The van der Waals surface area contributed by atoms with Crippen molar-refractivity contribution in [2.24, 2.45) is 4.99 Å². The molecule has 0 saturated carbocycles. The fraction of sp³-hybridized carbons (Fsp3) is 0.409. The zero-order valence-corrected chi connectivity index (χ0v) is 19.3. The third-order valence-electron chi connectivity index (χ3n) is 4.68. The quantitative estimate of drug-likeness (QED) is 0.240. The molecule has 0 spiro atoms. The molecule has 1 aliphatic heterocycles. The lowest BCUT2D eigenvalue weighted by atomic mass is 9.93. The number of anilines is 1. The third-order valence-corrected chi connectivity index (χ3v) is 4.68. The summed E-state index contributed by atoms with van der Waals surface area (Å²) in [4.78, 5) is 4.35. The van der Waals surface area contributed by atoms with Crippen LogP contribution in [0, 0.1) is 0 Å². The van der Waals surface area contributed by atoms with Crippen molar-refractivity contribution in [1.82, 2.24) is 5.32 Å². The van der Waals surface area contributed by atoms with E-state index < -0.39 is 0 Å².